The summed E-state index contributed by atoms with van der Waals surface area (Å²) in [4.78, 5) is 12.4. The van der Waals surface area contributed by atoms with E-state index in [-0.39, 0.29) is 5.97 Å². The molecule has 0 saturated heterocycles. The lowest BCUT2D eigenvalue weighted by atomic mass is 9.83. The van der Waals surface area contributed by atoms with Crippen molar-refractivity contribution in [2.45, 2.75) is 18.6 Å². The Balaban J connectivity index is 2.08. The monoisotopic (exact) mass is 268 g/mol. The Hall–Kier alpha value is -2.13. The molecule has 1 aliphatic rings. The van der Waals surface area contributed by atoms with Gasteiger partial charge >= 0.3 is 5.97 Å². The molecule has 0 bridgehead atoms. The van der Waals surface area contributed by atoms with Gasteiger partial charge in [-0.2, -0.15) is 0 Å². The first-order chi connectivity index (χ1) is 9.76. The summed E-state index contributed by atoms with van der Waals surface area (Å²) in [6.07, 6.45) is 0.500. The predicted molar refractivity (Wildman–Crippen MR) is 75.1 cm³/mol. The highest BCUT2D eigenvalue weighted by molar-refractivity contribution is 5.82. The summed E-state index contributed by atoms with van der Waals surface area (Å²) in [7, 11) is 1.40. The minimum Gasteiger partial charge on any atom is -0.467 e. The number of hydrogen-bond donors (Lipinski definition) is 0. The van der Waals surface area contributed by atoms with E-state index in [9.17, 15) is 4.79 Å². The molecule has 0 N–H and O–H groups in total. The van der Waals surface area contributed by atoms with Crippen molar-refractivity contribution in [3.8, 4) is 0 Å². The van der Waals surface area contributed by atoms with Crippen molar-refractivity contribution < 1.29 is 14.3 Å². The summed E-state index contributed by atoms with van der Waals surface area (Å²) in [5.74, 6) is -0.349. The first kappa shape index (κ1) is 12.9. The molecule has 0 aliphatic carbocycles. The molecule has 1 aliphatic heterocycles. The van der Waals surface area contributed by atoms with E-state index in [1.807, 2.05) is 54.6 Å². The molecular formula is C17H16O3. The zero-order valence-electron chi connectivity index (χ0n) is 11.3. The number of fused-ring (bicyclic) bond motifs is 1. The topological polar surface area (TPSA) is 35.5 Å². The fraction of sp³-hybridized carbons (Fsp3) is 0.235. The Kier molecular flexibility index (Phi) is 3.28. The fourth-order valence-corrected chi connectivity index (χ4v) is 2.70. The van der Waals surface area contributed by atoms with E-state index in [1.54, 1.807) is 0 Å². The van der Waals surface area contributed by atoms with E-state index in [0.29, 0.717) is 13.0 Å². The lowest BCUT2D eigenvalue weighted by Gasteiger charge is -2.36. The van der Waals surface area contributed by atoms with Crippen molar-refractivity contribution in [3.05, 3.63) is 71.3 Å². The molecule has 0 saturated carbocycles. The van der Waals surface area contributed by atoms with Crippen LogP contribution in [0.15, 0.2) is 54.6 Å². The van der Waals surface area contributed by atoms with Crippen LogP contribution in [0.5, 0.6) is 0 Å². The largest absolute Gasteiger partial charge is 0.467 e. The van der Waals surface area contributed by atoms with Crippen LogP contribution in [0.4, 0.5) is 0 Å². The minimum absolute atomic E-state index is 0.349. The molecule has 3 nitrogen and oxygen atoms in total. The number of rotatable bonds is 2. The third-order valence-electron chi connectivity index (χ3n) is 3.79. The van der Waals surface area contributed by atoms with Crippen molar-refractivity contribution in [2.24, 2.45) is 0 Å². The van der Waals surface area contributed by atoms with Crippen molar-refractivity contribution in [3.63, 3.8) is 0 Å². The van der Waals surface area contributed by atoms with Crippen LogP contribution in [-0.2, 0) is 32.9 Å². The maximum absolute atomic E-state index is 12.4. The van der Waals surface area contributed by atoms with E-state index in [1.165, 1.54) is 7.11 Å². The summed E-state index contributed by atoms with van der Waals surface area (Å²) in [5, 5.41) is 0. The zero-order chi connectivity index (χ0) is 14.0. The number of carbonyl (C=O) groups is 1. The lowest BCUT2D eigenvalue weighted by molar-refractivity contribution is -0.176. The van der Waals surface area contributed by atoms with Crippen LogP contribution in [0.25, 0.3) is 0 Å². The van der Waals surface area contributed by atoms with E-state index in [0.717, 1.165) is 16.7 Å². The second-order valence-corrected chi connectivity index (χ2v) is 4.92. The van der Waals surface area contributed by atoms with Crippen molar-refractivity contribution in [2.75, 3.05) is 7.11 Å². The predicted octanol–water partition coefficient (Wildman–Crippen LogP) is 2.83. The Morgan fingerprint density at radius 3 is 2.40 bits per heavy atom. The molecule has 0 amide bonds. The Morgan fingerprint density at radius 2 is 1.70 bits per heavy atom. The van der Waals surface area contributed by atoms with E-state index >= 15 is 0 Å². The first-order valence-corrected chi connectivity index (χ1v) is 6.61. The van der Waals surface area contributed by atoms with Crippen LogP contribution in [0.2, 0.25) is 0 Å². The molecule has 3 heteroatoms. The van der Waals surface area contributed by atoms with Gasteiger partial charge < -0.3 is 9.47 Å². The summed E-state index contributed by atoms with van der Waals surface area (Å²) < 4.78 is 11.0. The van der Waals surface area contributed by atoms with Crippen LogP contribution in [0.1, 0.15) is 16.7 Å². The SMILES string of the molecule is COC(=O)C1(c2ccccc2)Cc2ccccc2CO1. The second kappa shape index (κ2) is 5.10. The number of hydrogen-bond acceptors (Lipinski definition) is 3. The van der Waals surface area contributed by atoms with E-state index < -0.39 is 5.60 Å². The Labute approximate surface area is 118 Å². The summed E-state index contributed by atoms with van der Waals surface area (Å²) in [5.41, 5.74) is 2.06. The maximum atomic E-state index is 12.4. The molecule has 1 unspecified atom stereocenters. The summed E-state index contributed by atoms with van der Waals surface area (Å²) in [6, 6.07) is 17.6. The lowest BCUT2D eigenvalue weighted by Crippen LogP contribution is -2.44. The van der Waals surface area contributed by atoms with Gasteiger partial charge in [-0.3, -0.25) is 0 Å². The van der Waals surface area contributed by atoms with Gasteiger partial charge in [0, 0.05) is 6.42 Å². The molecule has 1 heterocycles. The van der Waals surface area contributed by atoms with Gasteiger partial charge in [0.25, 0.3) is 0 Å². The third-order valence-corrected chi connectivity index (χ3v) is 3.79. The summed E-state index contributed by atoms with van der Waals surface area (Å²) in [6.45, 7) is 0.417. The van der Waals surface area contributed by atoms with Crippen LogP contribution < -0.4 is 0 Å². The van der Waals surface area contributed by atoms with Crippen molar-refractivity contribution in [1.82, 2.24) is 0 Å². The molecule has 0 fully saturated rings. The van der Waals surface area contributed by atoms with Gasteiger partial charge in [0.05, 0.1) is 13.7 Å². The minimum atomic E-state index is -1.04. The fourth-order valence-electron chi connectivity index (χ4n) is 2.70. The van der Waals surface area contributed by atoms with Gasteiger partial charge in [-0.1, -0.05) is 54.6 Å². The quantitative estimate of drug-likeness (QED) is 0.786. The highest BCUT2D eigenvalue weighted by Crippen LogP contribution is 2.37. The second-order valence-electron chi connectivity index (χ2n) is 4.92. The number of benzene rings is 2. The highest BCUT2D eigenvalue weighted by atomic mass is 16.6. The molecular weight excluding hydrogens is 252 g/mol. The van der Waals surface area contributed by atoms with Gasteiger partial charge in [0.15, 0.2) is 5.60 Å². The molecule has 20 heavy (non-hydrogen) atoms. The van der Waals surface area contributed by atoms with Gasteiger partial charge in [-0.15, -0.1) is 0 Å². The van der Waals surface area contributed by atoms with Crippen LogP contribution in [0, 0.1) is 0 Å². The van der Waals surface area contributed by atoms with E-state index in [2.05, 4.69) is 0 Å². The number of carbonyl (C=O) groups excluding carboxylic acids is 1. The normalized spacial score (nSPS) is 21.1. The van der Waals surface area contributed by atoms with Gasteiger partial charge in [-0.25, -0.2) is 4.79 Å². The standard InChI is InChI=1S/C17H16O3/c1-19-16(18)17(15-9-3-2-4-10-15)11-13-7-5-6-8-14(13)12-20-17/h2-10H,11-12H2,1H3. The number of esters is 1. The first-order valence-electron chi connectivity index (χ1n) is 6.61. The Morgan fingerprint density at radius 1 is 1.05 bits per heavy atom. The Bertz CT molecular complexity index is 621. The molecule has 2 aromatic rings. The van der Waals surface area contributed by atoms with Gasteiger partial charge in [-0.05, 0) is 16.7 Å². The molecule has 0 aromatic heterocycles. The molecule has 0 radical (unpaired) electrons. The molecule has 2 aromatic carbocycles. The van der Waals surface area contributed by atoms with Gasteiger partial charge in [0.2, 0.25) is 0 Å². The molecule has 102 valence electrons. The number of ether oxygens (including phenoxy) is 2. The van der Waals surface area contributed by atoms with Crippen molar-refractivity contribution in [1.29, 1.82) is 0 Å². The molecule has 1 atom stereocenters. The number of methoxy groups -OCH3 is 1. The summed E-state index contributed by atoms with van der Waals surface area (Å²) >= 11 is 0. The average molecular weight is 268 g/mol. The average Bonchev–Trinajstić information content (AvgIpc) is 2.54. The maximum Gasteiger partial charge on any atom is 0.343 e. The smallest absolute Gasteiger partial charge is 0.343 e. The van der Waals surface area contributed by atoms with Crippen LogP contribution >= 0.6 is 0 Å². The molecule has 3 rings (SSSR count). The molecule has 0 spiro atoms. The van der Waals surface area contributed by atoms with E-state index in [4.69, 9.17) is 9.47 Å². The van der Waals surface area contributed by atoms with Gasteiger partial charge in [0.1, 0.15) is 0 Å². The van der Waals surface area contributed by atoms with Crippen LogP contribution in [-0.4, -0.2) is 13.1 Å². The zero-order valence-corrected chi connectivity index (χ0v) is 11.3. The van der Waals surface area contributed by atoms with Crippen LogP contribution in [0.3, 0.4) is 0 Å². The highest BCUT2D eigenvalue weighted by Gasteiger charge is 2.45. The third kappa shape index (κ3) is 2.00. The van der Waals surface area contributed by atoms with Crippen molar-refractivity contribution >= 4 is 5.97 Å².